The molecular weight excluding hydrogens is 260 g/mol. The van der Waals surface area contributed by atoms with Crippen LogP contribution in [0.5, 0.6) is 0 Å². The lowest BCUT2D eigenvalue weighted by atomic mass is 9.93. The molecule has 1 atom stereocenters. The second kappa shape index (κ2) is 6.43. The molecule has 1 aliphatic carbocycles. The van der Waals surface area contributed by atoms with Crippen LogP contribution in [-0.4, -0.2) is 50.8 Å². The van der Waals surface area contributed by atoms with E-state index in [2.05, 4.69) is 5.32 Å². The first-order chi connectivity index (χ1) is 9.12. The Kier molecular flexibility index (Phi) is 5.39. The van der Waals surface area contributed by atoms with E-state index >= 15 is 0 Å². The van der Waals surface area contributed by atoms with Gasteiger partial charge < -0.3 is 15.5 Å². The van der Waals surface area contributed by atoms with Gasteiger partial charge in [0.15, 0.2) is 0 Å². The van der Waals surface area contributed by atoms with Crippen LogP contribution in [-0.2, 0) is 4.79 Å². The normalized spacial score (nSPS) is 24.9. The third-order valence-corrected chi connectivity index (χ3v) is 3.74. The minimum absolute atomic E-state index is 0.0314. The van der Waals surface area contributed by atoms with Crippen molar-refractivity contribution in [1.82, 2.24) is 10.2 Å². The highest BCUT2D eigenvalue weighted by molar-refractivity contribution is 5.85. The molecule has 2 amide bonds. The zero-order valence-corrected chi connectivity index (χ0v) is 12.7. The molecule has 3 N–H and O–H groups in total. The van der Waals surface area contributed by atoms with Gasteiger partial charge in [-0.3, -0.25) is 9.69 Å². The van der Waals surface area contributed by atoms with Crippen molar-refractivity contribution in [3.63, 3.8) is 0 Å². The molecule has 6 nitrogen and oxygen atoms in total. The number of amides is 2. The average molecular weight is 286 g/mol. The largest absolute Gasteiger partial charge is 0.465 e. The quantitative estimate of drug-likeness (QED) is 0.734. The molecule has 116 valence electrons. The zero-order valence-electron chi connectivity index (χ0n) is 12.7. The molecule has 20 heavy (non-hydrogen) atoms. The van der Waals surface area contributed by atoms with E-state index in [9.17, 15) is 19.8 Å². The molecule has 0 aliphatic heterocycles. The molecule has 0 aromatic heterocycles. The summed E-state index contributed by atoms with van der Waals surface area (Å²) in [4.78, 5) is 24.7. The zero-order chi connectivity index (χ0) is 15.5. The van der Waals surface area contributed by atoms with Crippen LogP contribution in [0.3, 0.4) is 0 Å². The highest BCUT2D eigenvalue weighted by Gasteiger charge is 2.35. The Balaban J connectivity index is 2.63. The Bertz CT molecular complexity index is 357. The summed E-state index contributed by atoms with van der Waals surface area (Å²) in [6, 6.07) is -0.705. The molecule has 1 rings (SSSR count). The SMILES string of the molecule is CC(C(=O)N[C@H]1CC[C@H](O)CC1)N(C(=O)O)C(C)(C)C. The van der Waals surface area contributed by atoms with Gasteiger partial charge in [0.1, 0.15) is 6.04 Å². The maximum absolute atomic E-state index is 12.2. The Morgan fingerprint density at radius 2 is 1.70 bits per heavy atom. The van der Waals surface area contributed by atoms with Crippen molar-refractivity contribution in [3.05, 3.63) is 0 Å². The molecule has 1 fully saturated rings. The van der Waals surface area contributed by atoms with Crippen LogP contribution in [0.4, 0.5) is 4.79 Å². The molecule has 0 aromatic rings. The Morgan fingerprint density at radius 3 is 2.10 bits per heavy atom. The third-order valence-electron chi connectivity index (χ3n) is 3.74. The number of carbonyl (C=O) groups excluding carboxylic acids is 1. The van der Waals surface area contributed by atoms with Crippen LogP contribution in [0.2, 0.25) is 0 Å². The second-order valence-electron chi connectivity index (χ2n) is 6.51. The first-order valence-corrected chi connectivity index (χ1v) is 7.13. The van der Waals surface area contributed by atoms with Crippen molar-refractivity contribution in [2.75, 3.05) is 0 Å². The van der Waals surface area contributed by atoms with Gasteiger partial charge in [0, 0.05) is 11.6 Å². The maximum Gasteiger partial charge on any atom is 0.408 e. The van der Waals surface area contributed by atoms with Crippen molar-refractivity contribution in [3.8, 4) is 0 Å². The van der Waals surface area contributed by atoms with Crippen molar-refractivity contribution in [1.29, 1.82) is 0 Å². The first-order valence-electron chi connectivity index (χ1n) is 7.13. The summed E-state index contributed by atoms with van der Waals surface area (Å²) >= 11 is 0. The summed E-state index contributed by atoms with van der Waals surface area (Å²) in [5.74, 6) is -0.274. The van der Waals surface area contributed by atoms with Crippen molar-refractivity contribution in [2.45, 2.75) is 77.1 Å². The predicted octanol–water partition coefficient (Wildman–Crippen LogP) is 1.57. The highest BCUT2D eigenvalue weighted by atomic mass is 16.4. The fourth-order valence-electron chi connectivity index (χ4n) is 2.69. The van der Waals surface area contributed by atoms with E-state index in [1.807, 2.05) is 0 Å². The Hall–Kier alpha value is -1.30. The number of hydrogen-bond donors (Lipinski definition) is 3. The summed E-state index contributed by atoms with van der Waals surface area (Å²) < 4.78 is 0. The molecule has 0 aromatic carbocycles. The fourth-order valence-corrected chi connectivity index (χ4v) is 2.69. The molecule has 1 aliphatic rings. The van der Waals surface area contributed by atoms with E-state index in [4.69, 9.17) is 0 Å². The highest BCUT2D eigenvalue weighted by Crippen LogP contribution is 2.20. The van der Waals surface area contributed by atoms with Crippen molar-refractivity contribution >= 4 is 12.0 Å². The molecule has 6 heteroatoms. The second-order valence-corrected chi connectivity index (χ2v) is 6.51. The molecule has 0 radical (unpaired) electrons. The third kappa shape index (κ3) is 4.37. The average Bonchev–Trinajstić information content (AvgIpc) is 2.29. The van der Waals surface area contributed by atoms with Gasteiger partial charge in [0.25, 0.3) is 0 Å². The van der Waals surface area contributed by atoms with Crippen molar-refractivity contribution in [2.24, 2.45) is 0 Å². The number of rotatable bonds is 3. The summed E-state index contributed by atoms with van der Waals surface area (Å²) in [5.41, 5.74) is -0.634. The van der Waals surface area contributed by atoms with Crippen LogP contribution in [0.25, 0.3) is 0 Å². The van der Waals surface area contributed by atoms with Crippen LogP contribution in [0.15, 0.2) is 0 Å². The first kappa shape index (κ1) is 16.8. The number of aliphatic hydroxyl groups is 1. The standard InChI is InChI=1S/C14H26N2O4/c1-9(16(13(19)20)14(2,3)4)12(18)15-10-5-7-11(17)8-6-10/h9-11,17H,5-8H2,1-4H3,(H,15,18)(H,19,20)/t9?,10-,11-. The predicted molar refractivity (Wildman–Crippen MR) is 75.5 cm³/mol. The monoisotopic (exact) mass is 286 g/mol. The Labute approximate surface area is 120 Å². The van der Waals surface area contributed by atoms with Gasteiger partial charge in [-0.05, 0) is 53.4 Å². The summed E-state index contributed by atoms with van der Waals surface area (Å²) in [5, 5.41) is 21.6. The number of carbonyl (C=O) groups is 2. The van der Waals surface area contributed by atoms with E-state index < -0.39 is 17.7 Å². The lowest BCUT2D eigenvalue weighted by Gasteiger charge is -2.38. The van der Waals surface area contributed by atoms with Crippen LogP contribution < -0.4 is 5.32 Å². The maximum atomic E-state index is 12.2. The molecule has 1 saturated carbocycles. The smallest absolute Gasteiger partial charge is 0.408 e. The van der Waals surface area contributed by atoms with Crippen LogP contribution in [0.1, 0.15) is 53.4 Å². The van der Waals surface area contributed by atoms with Gasteiger partial charge in [-0.2, -0.15) is 0 Å². The molecule has 0 spiro atoms. The van der Waals surface area contributed by atoms with E-state index in [0.29, 0.717) is 12.8 Å². The van der Waals surface area contributed by atoms with Gasteiger partial charge >= 0.3 is 6.09 Å². The van der Waals surface area contributed by atoms with Gasteiger partial charge in [-0.25, -0.2) is 4.79 Å². The van der Waals surface area contributed by atoms with Gasteiger partial charge in [0.2, 0.25) is 5.91 Å². The minimum atomic E-state index is -1.10. The van der Waals surface area contributed by atoms with Gasteiger partial charge in [-0.15, -0.1) is 0 Å². The van der Waals surface area contributed by atoms with Gasteiger partial charge in [0.05, 0.1) is 6.10 Å². The topological polar surface area (TPSA) is 89.9 Å². The summed E-state index contributed by atoms with van der Waals surface area (Å²) in [7, 11) is 0. The molecule has 0 bridgehead atoms. The molecule has 1 unspecified atom stereocenters. The lowest BCUT2D eigenvalue weighted by Crippen LogP contribution is -2.57. The Morgan fingerprint density at radius 1 is 1.20 bits per heavy atom. The fraction of sp³-hybridized carbons (Fsp3) is 0.857. The van der Waals surface area contributed by atoms with Crippen molar-refractivity contribution < 1.29 is 19.8 Å². The molecular formula is C14H26N2O4. The number of nitrogens with zero attached hydrogens (tertiary/aromatic N) is 1. The van der Waals surface area contributed by atoms with Crippen LogP contribution in [0, 0.1) is 0 Å². The lowest BCUT2D eigenvalue weighted by molar-refractivity contribution is -0.128. The van der Waals surface area contributed by atoms with E-state index in [1.54, 1.807) is 27.7 Å². The molecule has 0 heterocycles. The van der Waals surface area contributed by atoms with E-state index in [1.165, 1.54) is 4.90 Å². The summed E-state index contributed by atoms with van der Waals surface area (Å²) in [6.07, 6.45) is 1.47. The number of nitrogens with one attached hydrogen (secondary N) is 1. The van der Waals surface area contributed by atoms with Gasteiger partial charge in [-0.1, -0.05) is 0 Å². The number of hydrogen-bond acceptors (Lipinski definition) is 3. The number of carboxylic acid groups (broad SMARTS) is 1. The minimum Gasteiger partial charge on any atom is -0.465 e. The summed E-state index contributed by atoms with van der Waals surface area (Å²) in [6.45, 7) is 6.90. The molecule has 0 saturated heterocycles. The van der Waals surface area contributed by atoms with E-state index in [-0.39, 0.29) is 18.1 Å². The number of aliphatic hydroxyl groups excluding tert-OH is 1. The van der Waals surface area contributed by atoms with E-state index in [0.717, 1.165) is 12.8 Å². The van der Waals surface area contributed by atoms with Crippen LogP contribution >= 0.6 is 0 Å².